The van der Waals surface area contributed by atoms with Gasteiger partial charge in [0.05, 0.1) is 0 Å². The highest BCUT2D eigenvalue weighted by atomic mass is 19.4. The second-order valence-electron chi connectivity index (χ2n) is 5.02. The Labute approximate surface area is 126 Å². The number of rotatable bonds is 6. The molecule has 132 valence electrons. The first-order chi connectivity index (χ1) is 10.3. The van der Waals surface area contributed by atoms with Crippen LogP contribution in [0.5, 0.6) is 0 Å². The number of benzene rings is 1. The summed E-state index contributed by atoms with van der Waals surface area (Å²) in [5.41, 5.74) is -1.12. The lowest BCUT2D eigenvalue weighted by Gasteiger charge is -2.33. The van der Waals surface area contributed by atoms with Crippen LogP contribution in [-0.4, -0.2) is 18.0 Å². The van der Waals surface area contributed by atoms with E-state index in [-0.39, 0.29) is 0 Å². The van der Waals surface area contributed by atoms with Crippen LogP contribution in [0.25, 0.3) is 0 Å². The molecule has 1 aromatic carbocycles. The highest BCUT2D eigenvalue weighted by Crippen LogP contribution is 2.56. The Morgan fingerprint density at radius 1 is 0.739 bits per heavy atom. The summed E-state index contributed by atoms with van der Waals surface area (Å²) in [7, 11) is 0. The summed E-state index contributed by atoms with van der Waals surface area (Å²) in [5, 5.41) is 0. The molecule has 0 unspecified atom stereocenters. The van der Waals surface area contributed by atoms with Gasteiger partial charge in [0, 0.05) is 5.56 Å². The Morgan fingerprint density at radius 2 is 1.22 bits per heavy atom. The Morgan fingerprint density at radius 3 is 1.61 bits per heavy atom. The molecule has 1 aromatic rings. The maximum absolute atomic E-state index is 13.6. The Hall–Kier alpha value is -1.41. The van der Waals surface area contributed by atoms with Crippen LogP contribution in [0.1, 0.15) is 30.9 Å². The maximum atomic E-state index is 13.6. The fourth-order valence-electron chi connectivity index (χ4n) is 1.82. The number of unbranched alkanes of at least 4 members (excludes halogenated alkanes) is 1. The van der Waals surface area contributed by atoms with E-state index in [1.165, 1.54) is 0 Å². The van der Waals surface area contributed by atoms with Crippen LogP contribution in [0.4, 0.5) is 39.5 Å². The standard InChI is InChI=1S/C14H13F9/c1-2-3-4-9-5-7-10(8-6-9)11(15,16)12(17,18)13(19,20)14(21,22)23/h5-8H,2-4H2,1H3. The predicted molar refractivity (Wildman–Crippen MR) is 64.9 cm³/mol. The lowest BCUT2D eigenvalue weighted by molar-refractivity contribution is -0.399. The fraction of sp³-hybridized carbons (Fsp3) is 0.571. The summed E-state index contributed by atoms with van der Waals surface area (Å²) in [5.74, 6) is -19.2. The zero-order chi connectivity index (χ0) is 18.1. The molecule has 1 rings (SSSR count). The largest absolute Gasteiger partial charge is 0.460 e. The van der Waals surface area contributed by atoms with Gasteiger partial charge in [0.1, 0.15) is 0 Å². The third kappa shape index (κ3) is 3.42. The van der Waals surface area contributed by atoms with Crippen LogP contribution in [0.15, 0.2) is 24.3 Å². The zero-order valence-electron chi connectivity index (χ0n) is 11.8. The van der Waals surface area contributed by atoms with Gasteiger partial charge in [-0.3, -0.25) is 0 Å². The van der Waals surface area contributed by atoms with Crippen LogP contribution >= 0.6 is 0 Å². The first-order valence-electron chi connectivity index (χ1n) is 6.58. The molecule has 0 aliphatic carbocycles. The molecule has 0 saturated heterocycles. The number of aryl methyl sites for hydroxylation is 1. The van der Waals surface area contributed by atoms with E-state index in [2.05, 4.69) is 0 Å². The number of hydrogen-bond donors (Lipinski definition) is 0. The average molecular weight is 352 g/mol. The lowest BCUT2D eigenvalue weighted by atomic mass is 9.95. The number of hydrogen-bond acceptors (Lipinski definition) is 0. The van der Waals surface area contributed by atoms with Crippen molar-refractivity contribution in [3.05, 3.63) is 35.4 Å². The molecule has 0 heterocycles. The molecule has 0 spiro atoms. The van der Waals surface area contributed by atoms with Gasteiger partial charge in [-0.15, -0.1) is 0 Å². The van der Waals surface area contributed by atoms with E-state index >= 15 is 0 Å². The van der Waals surface area contributed by atoms with Crippen molar-refractivity contribution >= 4 is 0 Å². The van der Waals surface area contributed by atoms with E-state index in [0.29, 0.717) is 30.5 Å². The molecule has 0 N–H and O–H groups in total. The van der Waals surface area contributed by atoms with Crippen molar-refractivity contribution in [1.29, 1.82) is 0 Å². The van der Waals surface area contributed by atoms with Gasteiger partial charge in [-0.1, -0.05) is 37.6 Å². The molecular weight excluding hydrogens is 339 g/mol. The quantitative estimate of drug-likeness (QED) is 0.555. The highest BCUT2D eigenvalue weighted by Gasteiger charge is 2.81. The van der Waals surface area contributed by atoms with Crippen LogP contribution in [0.3, 0.4) is 0 Å². The van der Waals surface area contributed by atoms with E-state index in [9.17, 15) is 39.5 Å². The van der Waals surface area contributed by atoms with Crippen LogP contribution in [0.2, 0.25) is 0 Å². The minimum Gasteiger partial charge on any atom is -0.194 e. The Bertz CT molecular complexity index is 514. The van der Waals surface area contributed by atoms with Gasteiger partial charge in [0.2, 0.25) is 0 Å². The zero-order valence-corrected chi connectivity index (χ0v) is 11.8. The van der Waals surface area contributed by atoms with Gasteiger partial charge in [0.25, 0.3) is 0 Å². The van der Waals surface area contributed by atoms with E-state index in [4.69, 9.17) is 0 Å². The van der Waals surface area contributed by atoms with Crippen LogP contribution < -0.4 is 0 Å². The van der Waals surface area contributed by atoms with Gasteiger partial charge >= 0.3 is 23.9 Å². The van der Waals surface area contributed by atoms with Crippen molar-refractivity contribution in [1.82, 2.24) is 0 Å². The first kappa shape index (κ1) is 19.6. The Kier molecular flexibility index (Phi) is 5.33. The molecule has 0 saturated carbocycles. The van der Waals surface area contributed by atoms with E-state index in [0.717, 1.165) is 18.6 Å². The second-order valence-corrected chi connectivity index (χ2v) is 5.02. The molecule has 0 radical (unpaired) electrons. The normalized spacial score (nSPS) is 14.2. The van der Waals surface area contributed by atoms with Crippen molar-refractivity contribution in [3.8, 4) is 0 Å². The molecule has 0 aromatic heterocycles. The van der Waals surface area contributed by atoms with Crippen molar-refractivity contribution in [3.63, 3.8) is 0 Å². The van der Waals surface area contributed by atoms with Crippen molar-refractivity contribution < 1.29 is 39.5 Å². The van der Waals surface area contributed by atoms with Crippen molar-refractivity contribution in [2.24, 2.45) is 0 Å². The Balaban J connectivity index is 3.19. The molecule has 0 atom stereocenters. The van der Waals surface area contributed by atoms with Gasteiger partial charge in [-0.2, -0.15) is 39.5 Å². The summed E-state index contributed by atoms with van der Waals surface area (Å²) in [4.78, 5) is 0. The smallest absolute Gasteiger partial charge is 0.194 e. The molecule has 0 aliphatic rings. The third-order valence-electron chi connectivity index (χ3n) is 3.28. The summed E-state index contributed by atoms with van der Waals surface area (Å²) in [6, 6.07) is 2.87. The van der Waals surface area contributed by atoms with Crippen molar-refractivity contribution in [2.75, 3.05) is 0 Å². The minimum atomic E-state index is -6.87. The SMILES string of the molecule is CCCCc1ccc(C(F)(F)C(F)(F)C(F)(F)C(F)(F)F)cc1. The summed E-state index contributed by atoms with van der Waals surface area (Å²) in [6.07, 6.45) is -4.91. The van der Waals surface area contributed by atoms with Gasteiger partial charge in [0.15, 0.2) is 0 Å². The number of halogens is 9. The second kappa shape index (κ2) is 6.24. The molecule has 0 bridgehead atoms. The third-order valence-corrected chi connectivity index (χ3v) is 3.28. The summed E-state index contributed by atoms with van der Waals surface area (Å²) in [6.45, 7) is 1.85. The van der Waals surface area contributed by atoms with E-state index < -0.39 is 29.5 Å². The summed E-state index contributed by atoms with van der Waals surface area (Å²) >= 11 is 0. The van der Waals surface area contributed by atoms with E-state index in [1.54, 1.807) is 0 Å². The molecule has 9 heteroatoms. The van der Waals surface area contributed by atoms with Gasteiger partial charge < -0.3 is 0 Å². The lowest BCUT2D eigenvalue weighted by Crippen LogP contribution is -2.59. The van der Waals surface area contributed by atoms with Crippen molar-refractivity contribution in [2.45, 2.75) is 50.1 Å². The van der Waals surface area contributed by atoms with E-state index in [1.807, 2.05) is 6.92 Å². The fourth-order valence-corrected chi connectivity index (χ4v) is 1.82. The minimum absolute atomic E-state index is 0.436. The first-order valence-corrected chi connectivity index (χ1v) is 6.58. The molecule has 0 amide bonds. The topological polar surface area (TPSA) is 0 Å². The monoisotopic (exact) mass is 352 g/mol. The maximum Gasteiger partial charge on any atom is 0.460 e. The van der Waals surface area contributed by atoms with Gasteiger partial charge in [-0.05, 0) is 18.4 Å². The number of alkyl halides is 9. The molecule has 0 nitrogen and oxygen atoms in total. The summed E-state index contributed by atoms with van der Waals surface area (Å²) < 4.78 is 115. The predicted octanol–water partition coefficient (Wildman–Crippen LogP) is 5.95. The molecular formula is C14H13F9. The molecule has 0 aliphatic heterocycles. The van der Waals surface area contributed by atoms with Gasteiger partial charge in [-0.25, -0.2) is 0 Å². The molecule has 23 heavy (non-hydrogen) atoms. The van der Waals surface area contributed by atoms with Crippen LogP contribution in [-0.2, 0) is 12.3 Å². The average Bonchev–Trinajstić information content (AvgIpc) is 2.44. The highest BCUT2D eigenvalue weighted by molar-refractivity contribution is 5.28. The van der Waals surface area contributed by atoms with Crippen LogP contribution in [0, 0.1) is 0 Å². The molecule has 0 fully saturated rings.